The van der Waals surface area contributed by atoms with Crippen molar-refractivity contribution in [3.63, 3.8) is 0 Å². The lowest BCUT2D eigenvalue weighted by Gasteiger charge is -2.60. The van der Waals surface area contributed by atoms with Crippen LogP contribution in [0.5, 0.6) is 0 Å². The van der Waals surface area contributed by atoms with Crippen LogP contribution in [0.3, 0.4) is 0 Å². The zero-order chi connectivity index (χ0) is 22.1. The van der Waals surface area contributed by atoms with Crippen molar-refractivity contribution in [3.8, 4) is 0 Å². The van der Waals surface area contributed by atoms with E-state index in [2.05, 4.69) is 22.9 Å². The van der Waals surface area contributed by atoms with Gasteiger partial charge in [-0.3, -0.25) is 19.2 Å². The number of hydrogen-bond acceptors (Lipinski definition) is 6. The van der Waals surface area contributed by atoms with E-state index in [1.54, 1.807) is 0 Å². The van der Waals surface area contributed by atoms with Crippen molar-refractivity contribution in [2.75, 3.05) is 6.61 Å². The molecule has 0 radical (unpaired) electrons. The van der Waals surface area contributed by atoms with Gasteiger partial charge in [-0.05, 0) is 55.3 Å². The van der Waals surface area contributed by atoms with Crippen LogP contribution < -0.4 is 0 Å². The monoisotopic (exact) mass is 482 g/mol. The molecule has 0 aromatic carbocycles. The summed E-state index contributed by atoms with van der Waals surface area (Å²) in [5.41, 5.74) is -2.72. The minimum absolute atomic E-state index is 0.0654. The molecule has 4 rings (SSSR count). The fraction of sp³-hybridized carbons (Fsp3) is 0.826. The van der Waals surface area contributed by atoms with Crippen molar-refractivity contribution in [1.29, 1.82) is 0 Å². The minimum atomic E-state index is -1.65. The summed E-state index contributed by atoms with van der Waals surface area (Å²) in [6.45, 7) is 4.82. The summed E-state index contributed by atoms with van der Waals surface area (Å²) in [7, 11) is 0. The second kappa shape index (κ2) is 7.22. The Labute approximate surface area is 185 Å². The van der Waals surface area contributed by atoms with Crippen LogP contribution >= 0.6 is 15.9 Å². The minimum Gasteiger partial charge on any atom is -0.458 e. The Morgan fingerprint density at radius 2 is 1.80 bits per heavy atom. The first-order valence-electron chi connectivity index (χ1n) is 11.0. The lowest BCUT2D eigenvalue weighted by Crippen LogP contribution is -2.63. The SMILES string of the molecule is CC(=O)OCC(=O)[C@]1(O)CC[C@H]2[C@@H]3CC[C@H]4[C@H](Br)C(=O)CC[C@]4(C)[C@H]3C(=O)C[C@@]21C. The molecule has 0 bridgehead atoms. The van der Waals surface area contributed by atoms with Crippen molar-refractivity contribution in [3.05, 3.63) is 0 Å². The van der Waals surface area contributed by atoms with Gasteiger partial charge in [0.1, 0.15) is 17.2 Å². The molecule has 0 aromatic heterocycles. The van der Waals surface area contributed by atoms with Gasteiger partial charge >= 0.3 is 5.97 Å². The predicted molar refractivity (Wildman–Crippen MR) is 112 cm³/mol. The average Bonchev–Trinajstić information content (AvgIpc) is 2.94. The van der Waals surface area contributed by atoms with E-state index < -0.39 is 29.4 Å². The van der Waals surface area contributed by atoms with Gasteiger partial charge in [-0.1, -0.05) is 29.8 Å². The van der Waals surface area contributed by atoms with E-state index in [0.29, 0.717) is 19.3 Å². The molecule has 1 N–H and O–H groups in total. The van der Waals surface area contributed by atoms with E-state index in [9.17, 15) is 24.3 Å². The quantitative estimate of drug-likeness (QED) is 0.490. The van der Waals surface area contributed by atoms with Crippen molar-refractivity contribution in [1.82, 2.24) is 0 Å². The summed E-state index contributed by atoms with van der Waals surface area (Å²) >= 11 is 3.61. The van der Waals surface area contributed by atoms with Crippen LogP contribution in [0.15, 0.2) is 0 Å². The largest absolute Gasteiger partial charge is 0.458 e. The van der Waals surface area contributed by atoms with E-state index in [1.165, 1.54) is 6.92 Å². The Morgan fingerprint density at radius 3 is 2.47 bits per heavy atom. The fourth-order valence-electron chi connectivity index (χ4n) is 7.66. The summed E-state index contributed by atoms with van der Waals surface area (Å²) in [4.78, 5) is 49.7. The highest BCUT2D eigenvalue weighted by Crippen LogP contribution is 2.67. The van der Waals surface area contributed by atoms with Gasteiger partial charge in [0.2, 0.25) is 5.78 Å². The van der Waals surface area contributed by atoms with Crippen molar-refractivity contribution in [2.45, 2.75) is 76.1 Å². The van der Waals surface area contributed by atoms with E-state index in [4.69, 9.17) is 4.74 Å². The number of halogens is 1. The predicted octanol–water partition coefficient (Wildman–Crippen LogP) is 3.01. The first-order valence-corrected chi connectivity index (χ1v) is 12.0. The Bertz CT molecular complexity index is 810. The number of hydrogen-bond donors (Lipinski definition) is 1. The number of ether oxygens (including phenoxy) is 1. The molecule has 6 nitrogen and oxygen atoms in total. The highest BCUT2D eigenvalue weighted by atomic mass is 79.9. The lowest BCUT2D eigenvalue weighted by molar-refractivity contribution is -0.179. The van der Waals surface area contributed by atoms with Gasteiger partial charge in [0.05, 0.1) is 4.83 Å². The third-order valence-electron chi connectivity index (χ3n) is 9.22. The summed E-state index contributed by atoms with van der Waals surface area (Å²) in [6, 6.07) is 0. The van der Waals surface area contributed by atoms with Crippen LogP contribution in [0.25, 0.3) is 0 Å². The molecule has 30 heavy (non-hydrogen) atoms. The van der Waals surface area contributed by atoms with Crippen LogP contribution in [0.1, 0.15) is 65.7 Å². The number of aliphatic hydroxyl groups is 1. The van der Waals surface area contributed by atoms with Crippen LogP contribution in [0.4, 0.5) is 0 Å². The van der Waals surface area contributed by atoms with Gasteiger partial charge in [-0.2, -0.15) is 0 Å². The molecule has 4 aliphatic rings. The second-order valence-electron chi connectivity index (χ2n) is 10.5. The number of fused-ring (bicyclic) bond motifs is 5. The third kappa shape index (κ3) is 2.90. The Morgan fingerprint density at radius 1 is 1.10 bits per heavy atom. The van der Waals surface area contributed by atoms with Gasteiger partial charge < -0.3 is 9.84 Å². The molecule has 0 spiro atoms. The molecule has 0 heterocycles. The van der Waals surface area contributed by atoms with E-state index >= 15 is 0 Å². The van der Waals surface area contributed by atoms with Crippen molar-refractivity contribution >= 4 is 39.2 Å². The summed E-state index contributed by atoms with van der Waals surface area (Å²) < 4.78 is 4.88. The van der Waals surface area contributed by atoms with Gasteiger partial charge in [0.25, 0.3) is 0 Å². The summed E-state index contributed by atoms with van der Waals surface area (Å²) in [6.07, 6.45) is 4.07. The van der Waals surface area contributed by atoms with Gasteiger partial charge in [-0.15, -0.1) is 0 Å². The third-order valence-corrected chi connectivity index (χ3v) is 10.4. The standard InChI is InChI=1S/C23H31BrO6/c1-12(25)30-11-18(28)23(29)9-6-14-13-4-5-15-20(24)16(26)7-8-21(15,2)19(13)17(27)10-22(14,23)3/h13-15,19-20,29H,4-11H2,1-3H3/t13-,14-,15-,19+,20-,21-,22-,23+/m0/s1. The highest BCUT2D eigenvalue weighted by Gasteiger charge is 2.69. The Kier molecular flexibility index (Phi) is 5.33. The molecule has 7 heteroatoms. The number of carbonyl (C=O) groups excluding carboxylic acids is 4. The van der Waals surface area contributed by atoms with Crippen LogP contribution in [0.2, 0.25) is 0 Å². The van der Waals surface area contributed by atoms with Crippen molar-refractivity contribution in [2.24, 2.45) is 34.5 Å². The molecule has 8 atom stereocenters. The highest BCUT2D eigenvalue weighted by molar-refractivity contribution is 9.10. The van der Waals surface area contributed by atoms with Crippen LogP contribution in [-0.2, 0) is 23.9 Å². The maximum atomic E-state index is 13.6. The zero-order valence-corrected chi connectivity index (χ0v) is 19.5. The number of alkyl halides is 1. The molecule has 0 saturated heterocycles. The van der Waals surface area contributed by atoms with Crippen molar-refractivity contribution < 1.29 is 29.0 Å². The second-order valence-corrected chi connectivity index (χ2v) is 11.5. The molecule has 166 valence electrons. The van der Waals surface area contributed by atoms with E-state index in [1.807, 2.05) is 6.92 Å². The molecule has 0 unspecified atom stereocenters. The molecule has 0 aromatic rings. The first kappa shape index (κ1) is 22.1. The van der Waals surface area contributed by atoms with E-state index in [-0.39, 0.29) is 51.9 Å². The maximum Gasteiger partial charge on any atom is 0.303 e. The molecule has 0 amide bonds. The first-order chi connectivity index (χ1) is 14.0. The topological polar surface area (TPSA) is 97.7 Å². The molecule has 0 aliphatic heterocycles. The lowest BCUT2D eigenvalue weighted by atomic mass is 9.44. The van der Waals surface area contributed by atoms with Gasteiger partial charge in [0, 0.05) is 31.1 Å². The number of Topliss-reactive ketones (excluding diaryl/α,β-unsaturated/α-hetero) is 3. The Balaban J connectivity index is 1.65. The van der Waals surface area contributed by atoms with E-state index in [0.717, 1.165) is 19.3 Å². The number of rotatable bonds is 3. The normalized spacial score (nSPS) is 47.8. The smallest absolute Gasteiger partial charge is 0.303 e. The number of carbonyl (C=O) groups is 4. The zero-order valence-electron chi connectivity index (χ0n) is 17.9. The molecule has 4 aliphatic carbocycles. The summed E-state index contributed by atoms with van der Waals surface area (Å²) in [5, 5.41) is 11.5. The molecule has 4 saturated carbocycles. The summed E-state index contributed by atoms with van der Waals surface area (Å²) in [5.74, 6) is -0.522. The molecular formula is C23H31BrO6. The maximum absolute atomic E-state index is 13.6. The van der Waals surface area contributed by atoms with Crippen LogP contribution in [-0.4, -0.2) is 45.5 Å². The van der Waals surface area contributed by atoms with Crippen LogP contribution in [0, 0.1) is 34.5 Å². The fourth-order valence-corrected chi connectivity index (χ4v) is 8.76. The van der Waals surface area contributed by atoms with Gasteiger partial charge in [-0.25, -0.2) is 0 Å². The molecule has 4 fully saturated rings. The number of ketones is 3. The molecular weight excluding hydrogens is 452 g/mol. The Hall–Kier alpha value is -1.08. The number of esters is 1. The average molecular weight is 483 g/mol. The van der Waals surface area contributed by atoms with Gasteiger partial charge in [0.15, 0.2) is 6.61 Å².